The van der Waals surface area contributed by atoms with Crippen LogP contribution in [0.2, 0.25) is 0 Å². The number of thioether (sulfide) groups is 1. The first kappa shape index (κ1) is 20.2. The van der Waals surface area contributed by atoms with E-state index in [1.54, 1.807) is 13.8 Å². The number of carbonyl (C=O) groups is 2. The van der Waals surface area contributed by atoms with Gasteiger partial charge >= 0.3 is 5.97 Å². The minimum Gasteiger partial charge on any atom is -0.462 e. The van der Waals surface area contributed by atoms with Crippen molar-refractivity contribution in [1.29, 1.82) is 0 Å². The summed E-state index contributed by atoms with van der Waals surface area (Å²) >= 11 is 1.20. The van der Waals surface area contributed by atoms with Gasteiger partial charge in [-0.3, -0.25) is 4.79 Å². The average Bonchev–Trinajstić information content (AvgIpc) is 2.62. The van der Waals surface area contributed by atoms with E-state index in [0.29, 0.717) is 11.7 Å². The van der Waals surface area contributed by atoms with Crippen molar-refractivity contribution in [2.75, 3.05) is 18.9 Å². The largest absolute Gasteiger partial charge is 0.462 e. The number of esters is 1. The summed E-state index contributed by atoms with van der Waals surface area (Å²) in [7, 11) is 0. The Bertz CT molecular complexity index is 678. The lowest BCUT2D eigenvalue weighted by molar-refractivity contribution is -0.120. The molecule has 2 rings (SSSR count). The van der Waals surface area contributed by atoms with Crippen LogP contribution in [0.3, 0.4) is 0 Å². The number of ether oxygens (including phenoxy) is 1. The van der Waals surface area contributed by atoms with Gasteiger partial charge in [0.15, 0.2) is 5.16 Å². The lowest BCUT2D eigenvalue weighted by Crippen LogP contribution is -2.32. The lowest BCUT2D eigenvalue weighted by atomic mass is 9.97. The smallest absolute Gasteiger partial charge is 0.343 e. The fraction of sp³-hybridized carbons (Fsp3) is 0.556. The zero-order valence-corrected chi connectivity index (χ0v) is 16.1. The molecule has 0 saturated carbocycles. The van der Waals surface area contributed by atoms with E-state index in [-0.39, 0.29) is 29.1 Å². The van der Waals surface area contributed by atoms with Crippen LogP contribution in [-0.4, -0.2) is 40.2 Å². The summed E-state index contributed by atoms with van der Waals surface area (Å²) in [5, 5.41) is 2.95. The van der Waals surface area contributed by atoms with E-state index in [9.17, 15) is 9.59 Å². The zero-order valence-electron chi connectivity index (χ0n) is 15.3. The number of nitrogens with two attached hydrogens (primary N) is 1. The standard InChI is InChI=1S/C18H26N4O3S/c1-3-25-17(24)14-11-21-18(22-15(14)19)26-12(2)16(23)20-10-9-13-7-5-4-6-8-13/h7,11-12H,3-6,8-10H2,1-2H3,(H,20,23)(H2,19,21,22)/t12-/m0/s1. The quantitative estimate of drug-likeness (QED) is 0.310. The summed E-state index contributed by atoms with van der Waals surface area (Å²) in [6.45, 7) is 4.40. The summed E-state index contributed by atoms with van der Waals surface area (Å²) in [6.07, 6.45) is 9.32. The van der Waals surface area contributed by atoms with E-state index in [2.05, 4.69) is 21.4 Å². The molecule has 1 heterocycles. The topological polar surface area (TPSA) is 107 Å². The van der Waals surface area contributed by atoms with E-state index >= 15 is 0 Å². The van der Waals surface area contributed by atoms with Crippen LogP contribution in [0, 0.1) is 0 Å². The Morgan fingerprint density at radius 1 is 1.42 bits per heavy atom. The number of allylic oxidation sites excluding steroid dienone is 1. The Labute approximate surface area is 158 Å². The molecule has 0 bridgehead atoms. The van der Waals surface area contributed by atoms with E-state index in [1.807, 2.05) is 0 Å². The molecule has 1 aliphatic carbocycles. The highest BCUT2D eigenvalue weighted by Crippen LogP contribution is 2.22. The third-order valence-corrected chi connectivity index (χ3v) is 5.05. The van der Waals surface area contributed by atoms with E-state index in [0.717, 1.165) is 19.3 Å². The normalized spacial score (nSPS) is 15.1. The van der Waals surface area contributed by atoms with Gasteiger partial charge in [0.2, 0.25) is 5.91 Å². The van der Waals surface area contributed by atoms with Crippen LogP contribution >= 0.6 is 11.8 Å². The van der Waals surface area contributed by atoms with Gasteiger partial charge in [-0.15, -0.1) is 0 Å². The Hall–Kier alpha value is -2.09. The second kappa shape index (κ2) is 10.2. The number of hydrogen-bond donors (Lipinski definition) is 2. The fourth-order valence-electron chi connectivity index (χ4n) is 2.63. The van der Waals surface area contributed by atoms with Crippen molar-refractivity contribution in [2.45, 2.75) is 56.4 Å². The number of nitrogens with zero attached hydrogens (tertiary/aromatic N) is 2. The number of amides is 1. The van der Waals surface area contributed by atoms with Crippen LogP contribution in [0.15, 0.2) is 23.0 Å². The molecule has 8 heteroatoms. The van der Waals surface area contributed by atoms with Crippen molar-refractivity contribution in [1.82, 2.24) is 15.3 Å². The highest BCUT2D eigenvalue weighted by atomic mass is 32.2. The lowest BCUT2D eigenvalue weighted by Gasteiger charge is -2.14. The molecule has 26 heavy (non-hydrogen) atoms. The Kier molecular flexibility index (Phi) is 7.90. The highest BCUT2D eigenvalue weighted by Gasteiger charge is 2.18. The molecule has 7 nitrogen and oxygen atoms in total. The second-order valence-corrected chi connectivity index (χ2v) is 7.39. The summed E-state index contributed by atoms with van der Waals surface area (Å²) in [5.74, 6) is -0.565. The molecule has 0 unspecified atom stereocenters. The molecule has 0 radical (unpaired) electrons. The monoisotopic (exact) mass is 378 g/mol. The van der Waals surface area contributed by atoms with E-state index in [4.69, 9.17) is 10.5 Å². The summed E-state index contributed by atoms with van der Waals surface area (Å²) in [5.41, 5.74) is 7.36. The minimum atomic E-state index is -0.552. The minimum absolute atomic E-state index is 0.0535. The highest BCUT2D eigenvalue weighted by molar-refractivity contribution is 8.00. The Balaban J connectivity index is 1.83. The third kappa shape index (κ3) is 6.01. The number of anilines is 1. The number of nitrogens with one attached hydrogen (secondary N) is 1. The summed E-state index contributed by atoms with van der Waals surface area (Å²) in [6, 6.07) is 0. The van der Waals surface area contributed by atoms with Crippen molar-refractivity contribution in [3.8, 4) is 0 Å². The van der Waals surface area contributed by atoms with Crippen LogP contribution in [-0.2, 0) is 9.53 Å². The maximum Gasteiger partial charge on any atom is 0.343 e. The predicted octanol–water partition coefficient (Wildman–Crippen LogP) is 2.72. The van der Waals surface area contributed by atoms with Crippen LogP contribution in [0.1, 0.15) is 56.3 Å². The van der Waals surface area contributed by atoms with Gasteiger partial charge in [-0.1, -0.05) is 23.4 Å². The molecule has 142 valence electrons. The molecule has 0 saturated heterocycles. The van der Waals surface area contributed by atoms with E-state index < -0.39 is 5.97 Å². The molecule has 0 aromatic carbocycles. The summed E-state index contributed by atoms with van der Waals surface area (Å²) < 4.78 is 4.89. The number of hydrogen-bond acceptors (Lipinski definition) is 7. The molecule has 1 amide bonds. The number of nitrogen functional groups attached to an aromatic ring is 1. The van der Waals surface area contributed by atoms with Crippen molar-refractivity contribution >= 4 is 29.5 Å². The predicted molar refractivity (Wildman–Crippen MR) is 102 cm³/mol. The molecule has 1 aromatic heterocycles. The molecule has 1 aromatic rings. The van der Waals surface area contributed by atoms with Crippen LogP contribution in [0.5, 0.6) is 0 Å². The summed E-state index contributed by atoms with van der Waals surface area (Å²) in [4.78, 5) is 32.1. The van der Waals surface area contributed by atoms with E-state index in [1.165, 1.54) is 36.4 Å². The molecular weight excluding hydrogens is 352 g/mol. The Morgan fingerprint density at radius 2 is 2.23 bits per heavy atom. The van der Waals surface area contributed by atoms with Gasteiger partial charge in [0, 0.05) is 12.7 Å². The molecule has 3 N–H and O–H groups in total. The number of carbonyl (C=O) groups excluding carboxylic acids is 2. The van der Waals surface area contributed by atoms with Crippen LogP contribution < -0.4 is 11.1 Å². The molecular formula is C18H26N4O3S. The number of aromatic nitrogens is 2. The number of rotatable bonds is 8. The molecule has 0 aliphatic heterocycles. The van der Waals surface area contributed by atoms with Crippen molar-refractivity contribution in [3.63, 3.8) is 0 Å². The van der Waals surface area contributed by atoms with Gasteiger partial charge in [0.05, 0.1) is 11.9 Å². The first-order chi connectivity index (χ1) is 12.5. The van der Waals surface area contributed by atoms with Crippen molar-refractivity contribution < 1.29 is 14.3 Å². The Morgan fingerprint density at radius 3 is 2.88 bits per heavy atom. The SMILES string of the molecule is CCOC(=O)c1cnc(S[C@@H](C)C(=O)NCCC2=CCCCC2)nc1N. The van der Waals surface area contributed by atoms with Crippen LogP contribution in [0.25, 0.3) is 0 Å². The van der Waals surface area contributed by atoms with Gasteiger partial charge in [-0.2, -0.15) is 0 Å². The maximum atomic E-state index is 12.2. The fourth-order valence-corrected chi connectivity index (χ4v) is 3.41. The van der Waals surface area contributed by atoms with Crippen molar-refractivity contribution in [2.24, 2.45) is 0 Å². The molecule has 1 aliphatic rings. The van der Waals surface area contributed by atoms with Gasteiger partial charge < -0.3 is 15.8 Å². The zero-order chi connectivity index (χ0) is 18.9. The maximum absolute atomic E-state index is 12.2. The first-order valence-corrected chi connectivity index (χ1v) is 9.81. The molecule has 0 spiro atoms. The van der Waals surface area contributed by atoms with Gasteiger partial charge in [-0.25, -0.2) is 14.8 Å². The van der Waals surface area contributed by atoms with Crippen molar-refractivity contribution in [3.05, 3.63) is 23.4 Å². The van der Waals surface area contributed by atoms with Crippen LogP contribution in [0.4, 0.5) is 5.82 Å². The average molecular weight is 378 g/mol. The molecule has 0 fully saturated rings. The van der Waals surface area contributed by atoms with Gasteiger partial charge in [0.1, 0.15) is 11.4 Å². The second-order valence-electron chi connectivity index (χ2n) is 6.08. The third-order valence-electron chi connectivity index (χ3n) is 4.07. The first-order valence-electron chi connectivity index (χ1n) is 8.93. The van der Waals surface area contributed by atoms with Gasteiger partial charge in [-0.05, 0) is 46.0 Å². The van der Waals surface area contributed by atoms with Gasteiger partial charge in [0.25, 0.3) is 0 Å². The molecule has 1 atom stereocenters.